The van der Waals surface area contributed by atoms with Crippen molar-refractivity contribution in [2.45, 2.75) is 36.6 Å². The first-order chi connectivity index (χ1) is 16.3. The maximum Gasteiger partial charge on any atom is 0.287 e. The number of anilines is 1. The highest BCUT2D eigenvalue weighted by Gasteiger charge is 2.33. The summed E-state index contributed by atoms with van der Waals surface area (Å²) >= 11 is 12.3. The Hall–Kier alpha value is -2.16. The third-order valence-electron chi connectivity index (χ3n) is 6.23. The smallest absolute Gasteiger partial charge is 0.287 e. The number of hydrogen-bond donors (Lipinski definition) is 1. The van der Waals surface area contributed by atoms with Gasteiger partial charge in [-0.05, 0) is 49.8 Å². The van der Waals surface area contributed by atoms with Gasteiger partial charge in [0, 0.05) is 31.3 Å². The van der Waals surface area contributed by atoms with Crippen LogP contribution >= 0.6 is 23.2 Å². The van der Waals surface area contributed by atoms with E-state index in [0.717, 1.165) is 19.4 Å². The molecule has 0 radical (unpaired) electrons. The van der Waals surface area contributed by atoms with Gasteiger partial charge in [-0.3, -0.25) is 4.79 Å². The quantitative estimate of drug-likeness (QED) is 0.614. The molecule has 0 unspecified atom stereocenters. The average molecular weight is 526 g/mol. The second kappa shape index (κ2) is 10.6. The van der Waals surface area contributed by atoms with Crippen LogP contribution in [0.3, 0.4) is 0 Å². The van der Waals surface area contributed by atoms with Crippen LogP contribution in [-0.2, 0) is 14.8 Å². The summed E-state index contributed by atoms with van der Waals surface area (Å²) in [5, 5.41) is 17.1. The molecule has 0 spiro atoms. The van der Waals surface area contributed by atoms with Gasteiger partial charge < -0.3 is 10.1 Å². The third kappa shape index (κ3) is 5.24. The summed E-state index contributed by atoms with van der Waals surface area (Å²) in [7, 11) is -3.90. The highest BCUT2D eigenvalue weighted by atomic mass is 35.5. The Morgan fingerprint density at radius 1 is 1.24 bits per heavy atom. The first kappa shape index (κ1) is 24.9. The van der Waals surface area contributed by atoms with Crippen molar-refractivity contribution in [1.29, 1.82) is 5.26 Å². The van der Waals surface area contributed by atoms with E-state index in [4.69, 9.17) is 27.9 Å². The molecule has 2 aliphatic heterocycles. The van der Waals surface area contributed by atoms with Gasteiger partial charge in [-0.15, -0.1) is 0 Å². The van der Waals surface area contributed by atoms with Crippen LogP contribution in [0, 0.1) is 17.2 Å². The largest absolute Gasteiger partial charge is 0.382 e. The lowest BCUT2D eigenvalue weighted by Gasteiger charge is -2.31. The molecule has 3 heterocycles. The molecule has 0 aliphatic carbocycles. The monoisotopic (exact) mass is 525 g/mol. The van der Waals surface area contributed by atoms with Crippen molar-refractivity contribution >= 4 is 38.9 Å². The predicted octanol–water partition coefficient (Wildman–Crippen LogP) is 3.29. The number of ether oxygens (including phenoxy) is 1. The molecule has 1 aromatic heterocycles. The van der Waals surface area contributed by atoms with Crippen LogP contribution in [0.25, 0.3) is 0 Å². The molecule has 1 atom stereocenters. The van der Waals surface area contributed by atoms with Crippen molar-refractivity contribution in [2.24, 2.45) is 5.92 Å². The van der Waals surface area contributed by atoms with E-state index in [2.05, 4.69) is 10.4 Å². The maximum absolute atomic E-state index is 13.1. The van der Waals surface area contributed by atoms with Gasteiger partial charge in [0.25, 0.3) is 5.56 Å². The molecular weight excluding hydrogens is 501 g/mol. The van der Waals surface area contributed by atoms with Crippen molar-refractivity contribution < 1.29 is 13.2 Å². The Morgan fingerprint density at radius 2 is 2.00 bits per heavy atom. The summed E-state index contributed by atoms with van der Waals surface area (Å²) in [6.07, 6.45) is 4.39. The van der Waals surface area contributed by atoms with E-state index in [9.17, 15) is 18.5 Å². The fraction of sp³-hybridized carbons (Fsp3) is 0.500. The highest BCUT2D eigenvalue weighted by Crippen LogP contribution is 2.29. The number of halogens is 2. The van der Waals surface area contributed by atoms with E-state index >= 15 is 0 Å². The van der Waals surface area contributed by atoms with E-state index in [-0.39, 0.29) is 39.6 Å². The molecule has 34 heavy (non-hydrogen) atoms. The number of rotatable bonds is 6. The van der Waals surface area contributed by atoms with Crippen LogP contribution in [0.15, 0.2) is 34.1 Å². The van der Waals surface area contributed by atoms with Crippen molar-refractivity contribution in [1.82, 2.24) is 14.1 Å². The first-order valence-corrected chi connectivity index (χ1v) is 13.3. The fourth-order valence-corrected chi connectivity index (χ4v) is 6.40. The molecule has 4 rings (SSSR count). The van der Waals surface area contributed by atoms with Gasteiger partial charge in [0.1, 0.15) is 16.0 Å². The zero-order valence-electron chi connectivity index (χ0n) is 18.4. The molecule has 0 bridgehead atoms. The Kier molecular flexibility index (Phi) is 7.80. The SMILES string of the molecule is N#Cc1ccc(Cl)cc1S(=O)(=O)N1CCC(n2ncc(NC[C@H]3CCCOC3)c(Cl)c2=O)CC1. The minimum absolute atomic E-state index is 0.0408. The molecule has 9 nitrogen and oxygen atoms in total. The molecule has 1 aromatic carbocycles. The molecular formula is C22H25Cl2N5O4S. The lowest BCUT2D eigenvalue weighted by molar-refractivity contribution is 0.0595. The molecule has 2 aromatic rings. The third-order valence-corrected chi connectivity index (χ3v) is 8.77. The predicted molar refractivity (Wildman–Crippen MR) is 129 cm³/mol. The van der Waals surface area contributed by atoms with Crippen molar-refractivity contribution in [3.63, 3.8) is 0 Å². The van der Waals surface area contributed by atoms with Crippen LogP contribution < -0.4 is 10.9 Å². The molecule has 2 saturated heterocycles. The summed E-state index contributed by atoms with van der Waals surface area (Å²) in [6, 6.07) is 5.78. The number of nitriles is 1. The Balaban J connectivity index is 1.44. The Morgan fingerprint density at radius 3 is 2.68 bits per heavy atom. The van der Waals surface area contributed by atoms with Gasteiger partial charge in [0.2, 0.25) is 10.0 Å². The standard InChI is InChI=1S/C22H25Cl2N5O4S/c23-17-4-3-16(11-25)20(10-17)34(31,32)28-7-5-18(6-8-28)29-22(30)21(24)19(13-27-29)26-12-15-2-1-9-33-14-15/h3-4,10,13,15,18,26H,1-2,5-9,12,14H2/t15-/m1/s1. The summed E-state index contributed by atoms with van der Waals surface area (Å²) in [5.74, 6) is 0.361. The molecule has 1 N–H and O–H groups in total. The molecule has 182 valence electrons. The minimum Gasteiger partial charge on any atom is -0.382 e. The zero-order valence-corrected chi connectivity index (χ0v) is 20.7. The number of hydrogen-bond acceptors (Lipinski definition) is 7. The van der Waals surface area contributed by atoms with Crippen LogP contribution in [0.4, 0.5) is 5.69 Å². The number of piperidine rings is 1. The number of nitrogens with one attached hydrogen (secondary N) is 1. The van der Waals surface area contributed by atoms with Crippen LogP contribution in [-0.4, -0.2) is 55.4 Å². The number of sulfonamides is 1. The summed E-state index contributed by atoms with van der Waals surface area (Å²) in [5.41, 5.74) is 0.118. The highest BCUT2D eigenvalue weighted by molar-refractivity contribution is 7.89. The number of aromatic nitrogens is 2. The summed E-state index contributed by atoms with van der Waals surface area (Å²) in [6.45, 7) is 2.47. The van der Waals surface area contributed by atoms with Crippen LogP contribution in [0.5, 0.6) is 0 Å². The van der Waals surface area contributed by atoms with Gasteiger partial charge in [-0.25, -0.2) is 13.1 Å². The molecule has 0 amide bonds. The van der Waals surface area contributed by atoms with E-state index in [1.807, 2.05) is 6.07 Å². The van der Waals surface area contributed by atoms with E-state index in [0.29, 0.717) is 37.6 Å². The summed E-state index contributed by atoms with van der Waals surface area (Å²) in [4.78, 5) is 12.8. The molecule has 0 saturated carbocycles. The lowest BCUT2D eigenvalue weighted by atomic mass is 10.0. The fourth-order valence-electron chi connectivity index (χ4n) is 4.32. The average Bonchev–Trinajstić information content (AvgIpc) is 2.85. The molecule has 2 aliphatic rings. The Bertz CT molecular complexity index is 1250. The van der Waals surface area contributed by atoms with Gasteiger partial charge in [0.05, 0.1) is 30.1 Å². The number of benzene rings is 1. The lowest BCUT2D eigenvalue weighted by Crippen LogP contribution is -2.41. The van der Waals surface area contributed by atoms with Crippen LogP contribution in [0.2, 0.25) is 10.0 Å². The summed E-state index contributed by atoms with van der Waals surface area (Å²) < 4.78 is 34.4. The molecule has 2 fully saturated rings. The maximum atomic E-state index is 13.1. The van der Waals surface area contributed by atoms with E-state index in [1.165, 1.54) is 27.2 Å². The second-order valence-electron chi connectivity index (χ2n) is 8.47. The number of nitrogens with zero attached hydrogens (tertiary/aromatic N) is 4. The van der Waals surface area contributed by atoms with E-state index in [1.54, 1.807) is 6.20 Å². The van der Waals surface area contributed by atoms with Gasteiger partial charge in [0.15, 0.2) is 0 Å². The molecule has 12 heteroatoms. The van der Waals surface area contributed by atoms with Crippen LogP contribution in [0.1, 0.15) is 37.3 Å². The first-order valence-electron chi connectivity index (χ1n) is 11.1. The second-order valence-corrected chi connectivity index (χ2v) is 11.2. The van der Waals surface area contributed by atoms with Gasteiger partial charge in [-0.1, -0.05) is 23.2 Å². The van der Waals surface area contributed by atoms with Gasteiger partial charge >= 0.3 is 0 Å². The normalized spacial score (nSPS) is 20.1. The van der Waals surface area contributed by atoms with Crippen molar-refractivity contribution in [2.75, 3.05) is 38.2 Å². The zero-order chi connectivity index (χ0) is 24.3. The van der Waals surface area contributed by atoms with Crippen molar-refractivity contribution in [3.05, 3.63) is 50.4 Å². The minimum atomic E-state index is -3.90. The van der Waals surface area contributed by atoms with Crippen molar-refractivity contribution in [3.8, 4) is 6.07 Å². The van der Waals surface area contributed by atoms with Gasteiger partial charge in [-0.2, -0.15) is 14.7 Å². The topological polar surface area (TPSA) is 117 Å². The Labute approximate surface area is 208 Å². The van der Waals surface area contributed by atoms with E-state index < -0.39 is 15.6 Å².